The van der Waals surface area contributed by atoms with Gasteiger partial charge in [0.15, 0.2) is 5.78 Å². The van der Waals surface area contributed by atoms with Gasteiger partial charge < -0.3 is 5.73 Å². The van der Waals surface area contributed by atoms with Crippen molar-refractivity contribution >= 4 is 94.2 Å². The third-order valence-corrected chi connectivity index (χ3v) is 4.11. The number of rotatable bonds is 1. The topological polar surface area (TPSA) is 43.1 Å². The first-order chi connectivity index (χ1) is 9.92. The van der Waals surface area contributed by atoms with Gasteiger partial charge in [0.25, 0.3) is 0 Å². The average molecular weight is 290 g/mol. The summed E-state index contributed by atoms with van der Waals surface area (Å²) in [4.78, 5) is 12.5. The molecule has 1 aromatic rings. The summed E-state index contributed by atoms with van der Waals surface area (Å²) < 4.78 is 0. The van der Waals surface area contributed by atoms with E-state index in [0.29, 0.717) is 0 Å². The molecule has 0 aromatic heterocycles. The SMILES string of the molecule is [B]C1=CC([B])([B])CC(N)(c2c([B])c([B])c([B])c([B])c2Cl)C1=O. The van der Waals surface area contributed by atoms with Crippen LogP contribution in [0.25, 0.3) is 0 Å². The molecule has 0 bridgehead atoms. The maximum atomic E-state index is 12.5. The standard InChI is InChI=1S/C12H5B7ClNO/c13-3-1-11(18,19)2-12(21,10(3)22)4-5(14)6(15)7(16)8(17)9(4)20/h1H,2,21H2. The second kappa shape index (κ2) is 5.45. The fourth-order valence-electron chi connectivity index (χ4n) is 2.66. The van der Waals surface area contributed by atoms with Gasteiger partial charge in [-0.3, -0.25) is 4.79 Å². The van der Waals surface area contributed by atoms with Crippen LogP contribution in [0.5, 0.6) is 0 Å². The van der Waals surface area contributed by atoms with Crippen molar-refractivity contribution in [2.75, 3.05) is 0 Å². The number of hydrogen-bond acceptors (Lipinski definition) is 2. The Labute approximate surface area is 144 Å². The van der Waals surface area contributed by atoms with Crippen LogP contribution in [0, 0.1) is 0 Å². The molecule has 14 radical (unpaired) electrons. The lowest BCUT2D eigenvalue weighted by Gasteiger charge is -2.43. The molecule has 1 atom stereocenters. The van der Waals surface area contributed by atoms with E-state index in [4.69, 9.17) is 72.3 Å². The second-order valence-electron chi connectivity index (χ2n) is 5.53. The van der Waals surface area contributed by atoms with Crippen LogP contribution < -0.4 is 27.6 Å². The largest absolute Gasteiger partial charge is 0.315 e. The molecule has 0 saturated carbocycles. The predicted molar refractivity (Wildman–Crippen MR) is 96.5 cm³/mol. The molecule has 1 aliphatic rings. The van der Waals surface area contributed by atoms with Crippen molar-refractivity contribution in [3.05, 3.63) is 22.1 Å². The maximum Gasteiger partial charge on any atom is 0.172 e. The van der Waals surface area contributed by atoms with Crippen LogP contribution in [-0.4, -0.2) is 60.7 Å². The molecule has 0 heterocycles. The van der Waals surface area contributed by atoms with E-state index in [1.165, 1.54) is 6.08 Å². The van der Waals surface area contributed by atoms with E-state index < -0.39 is 16.5 Å². The van der Waals surface area contributed by atoms with Gasteiger partial charge in [-0.1, -0.05) is 39.3 Å². The fourth-order valence-corrected chi connectivity index (χ4v) is 3.03. The molecule has 1 aromatic carbocycles. The number of halogens is 1. The first-order valence-electron chi connectivity index (χ1n) is 6.24. The van der Waals surface area contributed by atoms with Crippen molar-refractivity contribution in [1.29, 1.82) is 0 Å². The number of hydrogen-bond donors (Lipinski definition) is 1. The minimum Gasteiger partial charge on any atom is -0.315 e. The van der Waals surface area contributed by atoms with Gasteiger partial charge in [-0.05, 0) is 12.0 Å². The molecule has 10 heteroatoms. The van der Waals surface area contributed by atoms with E-state index in [9.17, 15) is 4.79 Å². The Hall–Kier alpha value is -0.665. The molecule has 2 rings (SSSR count). The highest BCUT2D eigenvalue weighted by Crippen LogP contribution is 2.42. The van der Waals surface area contributed by atoms with Crippen molar-refractivity contribution in [3.8, 4) is 0 Å². The van der Waals surface area contributed by atoms with Gasteiger partial charge in [-0.25, -0.2) is 0 Å². The number of nitrogens with two attached hydrogens (primary N) is 1. The van der Waals surface area contributed by atoms with Crippen molar-refractivity contribution in [1.82, 2.24) is 0 Å². The molecule has 0 saturated heterocycles. The van der Waals surface area contributed by atoms with Crippen LogP contribution in [0.3, 0.4) is 0 Å². The lowest BCUT2D eigenvalue weighted by atomic mass is 9.44. The molecule has 0 spiro atoms. The van der Waals surface area contributed by atoms with Crippen molar-refractivity contribution in [2.24, 2.45) is 5.73 Å². The summed E-state index contributed by atoms with van der Waals surface area (Å²) in [6.07, 6.45) is 1.04. The number of carbonyl (C=O) groups excluding carboxylic acids is 1. The number of benzene rings is 1. The van der Waals surface area contributed by atoms with Gasteiger partial charge >= 0.3 is 0 Å². The first kappa shape index (κ1) is 17.7. The number of Topliss-reactive ketones (excluding diaryl/α,β-unsaturated/α-hetero) is 1. The fraction of sp³-hybridized carbons (Fsp3) is 0.250. The van der Waals surface area contributed by atoms with E-state index in [1.807, 2.05) is 0 Å². The van der Waals surface area contributed by atoms with Gasteiger partial charge in [-0.15, -0.1) is 10.9 Å². The summed E-state index contributed by atoms with van der Waals surface area (Å²) in [7, 11) is 40.7. The maximum absolute atomic E-state index is 12.5. The van der Waals surface area contributed by atoms with Crippen LogP contribution in [0.4, 0.5) is 0 Å². The molecule has 1 aliphatic carbocycles. The van der Waals surface area contributed by atoms with Crippen molar-refractivity contribution < 1.29 is 4.79 Å². The number of allylic oxidation sites excluding steroid dienone is 1. The molecular weight excluding hydrogens is 285 g/mol. The zero-order valence-electron chi connectivity index (χ0n) is 11.7. The Balaban J connectivity index is 2.81. The Kier molecular flexibility index (Phi) is 4.38. The summed E-state index contributed by atoms with van der Waals surface area (Å²) in [6, 6.07) is 0. The van der Waals surface area contributed by atoms with E-state index in [-0.39, 0.29) is 44.3 Å². The Morgan fingerprint density at radius 1 is 1.00 bits per heavy atom. The van der Waals surface area contributed by atoms with Gasteiger partial charge in [0, 0.05) is 5.02 Å². The van der Waals surface area contributed by atoms with Crippen LogP contribution in [-0.2, 0) is 10.3 Å². The van der Waals surface area contributed by atoms with Gasteiger partial charge in [0.05, 0.1) is 15.7 Å². The molecule has 0 amide bonds. The van der Waals surface area contributed by atoms with Crippen LogP contribution >= 0.6 is 11.6 Å². The summed E-state index contributed by atoms with van der Waals surface area (Å²) in [5, 5.41) is -1.50. The Morgan fingerprint density at radius 3 is 2.05 bits per heavy atom. The highest BCUT2D eigenvalue weighted by Gasteiger charge is 2.45. The minimum absolute atomic E-state index is 0.00776. The van der Waals surface area contributed by atoms with E-state index >= 15 is 0 Å². The van der Waals surface area contributed by atoms with Crippen molar-refractivity contribution in [3.63, 3.8) is 0 Å². The zero-order chi connectivity index (χ0) is 17.0. The summed E-state index contributed by atoms with van der Waals surface area (Å²) in [5.74, 6) is -0.629. The first-order valence-corrected chi connectivity index (χ1v) is 6.61. The van der Waals surface area contributed by atoms with E-state index in [1.54, 1.807) is 0 Å². The van der Waals surface area contributed by atoms with Crippen LogP contribution in [0.15, 0.2) is 11.5 Å². The minimum atomic E-state index is -1.76. The van der Waals surface area contributed by atoms with Gasteiger partial charge in [-0.2, -0.15) is 0 Å². The summed E-state index contributed by atoms with van der Waals surface area (Å²) in [6.45, 7) is 0. The summed E-state index contributed by atoms with van der Waals surface area (Å²) >= 11 is 6.19. The Morgan fingerprint density at radius 2 is 1.50 bits per heavy atom. The lowest BCUT2D eigenvalue weighted by molar-refractivity contribution is -0.120. The smallest absolute Gasteiger partial charge is 0.172 e. The molecule has 0 fully saturated rings. The number of ketones is 1. The molecule has 92 valence electrons. The van der Waals surface area contributed by atoms with Gasteiger partial charge in [0.2, 0.25) is 0 Å². The normalized spacial score (nSPS) is 24.1. The Bertz CT molecular complexity index is 689. The second-order valence-corrected chi connectivity index (χ2v) is 5.91. The monoisotopic (exact) mass is 291 g/mol. The zero-order valence-corrected chi connectivity index (χ0v) is 12.4. The molecule has 2 N–H and O–H groups in total. The van der Waals surface area contributed by atoms with E-state index in [2.05, 4.69) is 0 Å². The molecule has 2 nitrogen and oxygen atoms in total. The highest BCUT2D eigenvalue weighted by molar-refractivity contribution is 6.66. The molecular formula is C12H5B7ClNO. The van der Waals surface area contributed by atoms with E-state index in [0.717, 1.165) is 0 Å². The predicted octanol–water partition coefficient (Wildman–Crippen LogP) is -3.85. The number of carbonyl (C=O) groups is 1. The highest BCUT2D eigenvalue weighted by atomic mass is 35.5. The van der Waals surface area contributed by atoms with Crippen molar-refractivity contribution in [2.45, 2.75) is 17.2 Å². The molecule has 0 aliphatic heterocycles. The van der Waals surface area contributed by atoms with Gasteiger partial charge in [0.1, 0.15) is 44.8 Å². The molecule has 1 unspecified atom stereocenters. The third kappa shape index (κ3) is 2.57. The molecule has 22 heavy (non-hydrogen) atoms. The average Bonchev–Trinajstić information content (AvgIpc) is 2.39. The van der Waals surface area contributed by atoms with Crippen LogP contribution in [0.1, 0.15) is 12.0 Å². The van der Waals surface area contributed by atoms with Crippen LogP contribution in [0.2, 0.25) is 10.2 Å². The summed E-state index contributed by atoms with van der Waals surface area (Å²) in [5.41, 5.74) is 4.18. The third-order valence-electron chi connectivity index (χ3n) is 3.72. The lowest BCUT2D eigenvalue weighted by Crippen LogP contribution is -2.58. The quantitative estimate of drug-likeness (QED) is 0.538.